The molecule has 1 aliphatic rings. The van der Waals surface area contributed by atoms with Crippen molar-refractivity contribution in [2.45, 2.75) is 32.2 Å². The zero-order valence-electron chi connectivity index (χ0n) is 9.03. The van der Waals surface area contributed by atoms with Crippen LogP contribution in [0.25, 0.3) is 11.6 Å². The number of aromatic amines is 1. The second-order valence-electron chi connectivity index (χ2n) is 4.12. The first-order valence-electron chi connectivity index (χ1n) is 5.41. The highest BCUT2D eigenvalue weighted by atomic mass is 16.4. The molecule has 3 rings (SSSR count). The number of nitrogens with one attached hydrogen (secondary N) is 1. The summed E-state index contributed by atoms with van der Waals surface area (Å²) in [6.45, 7) is 1.81. The van der Waals surface area contributed by atoms with Gasteiger partial charge in [0.15, 0.2) is 5.69 Å². The van der Waals surface area contributed by atoms with E-state index in [0.29, 0.717) is 11.8 Å². The van der Waals surface area contributed by atoms with Gasteiger partial charge in [0.05, 0.1) is 6.04 Å². The largest absolute Gasteiger partial charge is 0.417 e. The van der Waals surface area contributed by atoms with Gasteiger partial charge in [0, 0.05) is 11.3 Å². The van der Waals surface area contributed by atoms with E-state index in [0.717, 1.165) is 25.0 Å². The molecule has 0 amide bonds. The fraction of sp³-hybridized carbons (Fsp3) is 0.500. The Morgan fingerprint density at radius 3 is 3.00 bits per heavy atom. The molecule has 2 aromatic rings. The zero-order valence-corrected chi connectivity index (χ0v) is 9.03. The molecule has 3 N–H and O–H groups in total. The predicted octanol–water partition coefficient (Wildman–Crippen LogP) is 0.968. The van der Waals surface area contributed by atoms with Gasteiger partial charge in [0.1, 0.15) is 0 Å². The molecule has 2 heterocycles. The molecule has 6 heteroatoms. The van der Waals surface area contributed by atoms with Gasteiger partial charge in [0.25, 0.3) is 5.89 Å². The maximum atomic E-state index is 5.67. The number of nitrogens with two attached hydrogens (primary N) is 1. The highest BCUT2D eigenvalue weighted by Crippen LogP contribution is 2.29. The van der Waals surface area contributed by atoms with E-state index in [4.69, 9.17) is 10.2 Å². The number of aryl methyl sites for hydroxylation is 1. The van der Waals surface area contributed by atoms with E-state index >= 15 is 0 Å². The Bertz CT molecular complexity index is 513. The minimum Gasteiger partial charge on any atom is -0.417 e. The molecule has 0 saturated carbocycles. The van der Waals surface area contributed by atoms with Crippen molar-refractivity contribution in [3.63, 3.8) is 0 Å². The summed E-state index contributed by atoms with van der Waals surface area (Å²) in [5, 5.41) is 15.1. The molecule has 0 aliphatic heterocycles. The summed E-state index contributed by atoms with van der Waals surface area (Å²) in [7, 11) is 0. The molecule has 0 spiro atoms. The van der Waals surface area contributed by atoms with Crippen LogP contribution in [0.1, 0.15) is 36.5 Å². The lowest BCUT2D eigenvalue weighted by atomic mass is 10.2. The first kappa shape index (κ1) is 9.53. The Hall–Kier alpha value is -1.69. The molecule has 1 aliphatic carbocycles. The van der Waals surface area contributed by atoms with Crippen molar-refractivity contribution in [2.24, 2.45) is 5.73 Å². The zero-order chi connectivity index (χ0) is 11.1. The molecular weight excluding hydrogens is 206 g/mol. The summed E-state index contributed by atoms with van der Waals surface area (Å²) in [5.74, 6) is 0.913. The average molecular weight is 219 g/mol. The summed E-state index contributed by atoms with van der Waals surface area (Å²) >= 11 is 0. The molecule has 0 fully saturated rings. The molecule has 84 valence electrons. The lowest BCUT2D eigenvalue weighted by molar-refractivity contribution is 0.472. The highest BCUT2D eigenvalue weighted by Gasteiger charge is 2.23. The Kier molecular flexibility index (Phi) is 2.03. The van der Waals surface area contributed by atoms with Gasteiger partial charge in [-0.1, -0.05) is 0 Å². The topological polar surface area (TPSA) is 93.6 Å². The maximum absolute atomic E-state index is 5.67. The van der Waals surface area contributed by atoms with Crippen molar-refractivity contribution < 1.29 is 4.42 Å². The molecule has 0 radical (unpaired) electrons. The van der Waals surface area contributed by atoms with Gasteiger partial charge >= 0.3 is 0 Å². The van der Waals surface area contributed by atoms with E-state index in [2.05, 4.69) is 20.4 Å². The monoisotopic (exact) mass is 219 g/mol. The minimum absolute atomic E-state index is 0.242. The highest BCUT2D eigenvalue weighted by molar-refractivity contribution is 5.55. The fourth-order valence-corrected chi connectivity index (χ4v) is 2.01. The van der Waals surface area contributed by atoms with Crippen LogP contribution in [0.2, 0.25) is 0 Å². The first-order valence-corrected chi connectivity index (χ1v) is 5.41. The number of aromatic nitrogens is 4. The van der Waals surface area contributed by atoms with Crippen LogP contribution < -0.4 is 5.73 Å². The molecule has 1 unspecified atom stereocenters. The number of hydrogen-bond acceptors (Lipinski definition) is 5. The summed E-state index contributed by atoms with van der Waals surface area (Å²) in [6.07, 6.45) is 3.23. The van der Waals surface area contributed by atoms with Crippen molar-refractivity contribution in [1.29, 1.82) is 0 Å². The molecule has 0 bridgehead atoms. The molecule has 0 aromatic carbocycles. The molecular formula is C10H13N5O. The molecule has 16 heavy (non-hydrogen) atoms. The van der Waals surface area contributed by atoms with Gasteiger partial charge in [-0.2, -0.15) is 5.10 Å². The van der Waals surface area contributed by atoms with Crippen molar-refractivity contribution in [3.05, 3.63) is 17.1 Å². The number of H-pyrrole nitrogens is 1. The molecule has 0 saturated heterocycles. The molecule has 2 aromatic heterocycles. The number of hydrogen-bond donors (Lipinski definition) is 2. The van der Waals surface area contributed by atoms with Crippen molar-refractivity contribution >= 4 is 0 Å². The summed E-state index contributed by atoms with van der Waals surface area (Å²) in [4.78, 5) is 0. The maximum Gasteiger partial charge on any atom is 0.268 e. The number of nitrogens with zero attached hydrogens (tertiary/aromatic N) is 3. The summed E-state index contributed by atoms with van der Waals surface area (Å²) in [6, 6.07) is -0.242. The van der Waals surface area contributed by atoms with E-state index in [1.54, 1.807) is 0 Å². The van der Waals surface area contributed by atoms with Crippen LogP contribution in [0.5, 0.6) is 0 Å². The third-order valence-corrected chi connectivity index (χ3v) is 2.84. The van der Waals surface area contributed by atoms with E-state index in [1.165, 1.54) is 11.3 Å². The van der Waals surface area contributed by atoms with Crippen LogP contribution in [0.15, 0.2) is 4.42 Å². The van der Waals surface area contributed by atoms with Gasteiger partial charge < -0.3 is 10.2 Å². The van der Waals surface area contributed by atoms with Crippen LogP contribution in [0, 0.1) is 0 Å². The van der Waals surface area contributed by atoms with Gasteiger partial charge in [-0.05, 0) is 26.2 Å². The van der Waals surface area contributed by atoms with E-state index in [1.807, 2.05) is 6.92 Å². The standard InChI is InChI=1S/C10H13N5O/c1-5(11)9-14-15-10(16-9)8-6-3-2-4-7(6)12-13-8/h5H,2-4,11H2,1H3,(H,12,13). The van der Waals surface area contributed by atoms with Gasteiger partial charge in [-0.15, -0.1) is 10.2 Å². The second kappa shape index (κ2) is 3.41. The average Bonchev–Trinajstić information content (AvgIpc) is 2.92. The number of rotatable bonds is 2. The van der Waals surface area contributed by atoms with E-state index < -0.39 is 0 Å². The Morgan fingerprint density at radius 1 is 1.38 bits per heavy atom. The Morgan fingerprint density at radius 2 is 2.25 bits per heavy atom. The molecule has 1 atom stereocenters. The van der Waals surface area contributed by atoms with Gasteiger partial charge in [0.2, 0.25) is 5.89 Å². The van der Waals surface area contributed by atoms with Crippen molar-refractivity contribution in [1.82, 2.24) is 20.4 Å². The second-order valence-corrected chi connectivity index (χ2v) is 4.12. The van der Waals surface area contributed by atoms with Crippen LogP contribution in [-0.2, 0) is 12.8 Å². The Labute approximate surface area is 92.2 Å². The quantitative estimate of drug-likeness (QED) is 0.784. The van der Waals surface area contributed by atoms with Crippen molar-refractivity contribution in [3.8, 4) is 11.6 Å². The van der Waals surface area contributed by atoms with E-state index in [9.17, 15) is 0 Å². The third kappa shape index (κ3) is 1.34. The van der Waals surface area contributed by atoms with Crippen LogP contribution >= 0.6 is 0 Å². The smallest absolute Gasteiger partial charge is 0.268 e. The summed E-state index contributed by atoms with van der Waals surface area (Å²) < 4.78 is 5.48. The third-order valence-electron chi connectivity index (χ3n) is 2.84. The van der Waals surface area contributed by atoms with Crippen LogP contribution in [0.3, 0.4) is 0 Å². The normalized spacial score (nSPS) is 16.4. The summed E-state index contributed by atoms with van der Waals surface area (Å²) in [5.41, 5.74) is 8.85. The Balaban J connectivity index is 2.02. The fourth-order valence-electron chi connectivity index (χ4n) is 2.01. The lowest BCUT2D eigenvalue weighted by Gasteiger charge is -1.95. The van der Waals surface area contributed by atoms with Gasteiger partial charge in [-0.3, -0.25) is 5.10 Å². The molecule has 6 nitrogen and oxygen atoms in total. The van der Waals surface area contributed by atoms with Crippen molar-refractivity contribution in [2.75, 3.05) is 0 Å². The van der Waals surface area contributed by atoms with Crippen LogP contribution in [-0.4, -0.2) is 20.4 Å². The first-order chi connectivity index (χ1) is 7.75. The number of fused-ring (bicyclic) bond motifs is 1. The minimum atomic E-state index is -0.242. The lowest BCUT2D eigenvalue weighted by Crippen LogP contribution is -2.04. The van der Waals surface area contributed by atoms with Crippen LogP contribution in [0.4, 0.5) is 0 Å². The van der Waals surface area contributed by atoms with Gasteiger partial charge in [-0.25, -0.2) is 0 Å². The SMILES string of the molecule is CC(N)c1nnc(-c2n[nH]c3c2CCC3)o1. The van der Waals surface area contributed by atoms with E-state index in [-0.39, 0.29) is 6.04 Å². The predicted molar refractivity (Wildman–Crippen MR) is 56.5 cm³/mol.